The molecule has 0 atom stereocenters. The van der Waals surface area contributed by atoms with Crippen molar-refractivity contribution in [1.82, 2.24) is 0 Å². The molecule has 29 heavy (non-hydrogen) atoms. The molecule has 6 heteroatoms. The van der Waals surface area contributed by atoms with Gasteiger partial charge in [0.15, 0.2) is 17.3 Å². The van der Waals surface area contributed by atoms with Crippen molar-refractivity contribution >= 4 is 11.8 Å². The minimum absolute atomic E-state index is 0.0162. The van der Waals surface area contributed by atoms with Gasteiger partial charge in [-0.3, -0.25) is 9.59 Å². The smallest absolute Gasteiger partial charge is 0.314 e. The van der Waals surface area contributed by atoms with Gasteiger partial charge in [-0.2, -0.15) is 0 Å². The van der Waals surface area contributed by atoms with Crippen molar-refractivity contribution in [1.29, 1.82) is 0 Å². The summed E-state index contributed by atoms with van der Waals surface area (Å²) in [6, 6.07) is 7.93. The number of benzene rings is 2. The Labute approximate surface area is 179 Å². The van der Waals surface area contributed by atoms with Gasteiger partial charge in [0.05, 0.1) is 34.8 Å². The van der Waals surface area contributed by atoms with E-state index in [-0.39, 0.29) is 23.9 Å². The molecule has 0 amide bonds. The van der Waals surface area contributed by atoms with Gasteiger partial charge in [-0.25, -0.2) is 0 Å². The van der Waals surface area contributed by atoms with Crippen LogP contribution in [0.15, 0.2) is 30.3 Å². The van der Waals surface area contributed by atoms with Crippen molar-refractivity contribution < 1.29 is 36.8 Å². The van der Waals surface area contributed by atoms with E-state index in [2.05, 4.69) is 0 Å². The number of Topliss-reactive ketones (excluding diaryl/α,β-unsaturated/α-hetero) is 1. The van der Waals surface area contributed by atoms with Crippen molar-refractivity contribution in [3.05, 3.63) is 41.5 Å². The molecule has 0 aliphatic heterocycles. The molecule has 0 saturated carbocycles. The lowest BCUT2D eigenvalue weighted by Crippen LogP contribution is -2.32. The van der Waals surface area contributed by atoms with Crippen LogP contribution < -0.4 is 14.2 Å². The number of fused-ring (bicyclic) bond motifs is 1. The van der Waals surface area contributed by atoms with Crippen LogP contribution in [0.3, 0.4) is 0 Å². The van der Waals surface area contributed by atoms with E-state index in [0.717, 1.165) is 5.56 Å². The van der Waals surface area contributed by atoms with Crippen LogP contribution in [0.2, 0.25) is 0 Å². The Morgan fingerprint density at radius 1 is 1.03 bits per heavy atom. The van der Waals surface area contributed by atoms with E-state index < -0.39 is 31.2 Å². The minimum atomic E-state index is -2.98. The maximum Gasteiger partial charge on any atom is 0.314 e. The van der Waals surface area contributed by atoms with Gasteiger partial charge in [0.2, 0.25) is 5.75 Å². The van der Waals surface area contributed by atoms with E-state index in [1.165, 1.54) is 19.2 Å². The average Bonchev–Trinajstić information content (AvgIpc) is 3.12. The maximum atomic E-state index is 12.3. The number of ether oxygens (including phenoxy) is 4. The summed E-state index contributed by atoms with van der Waals surface area (Å²) in [5.74, 6) is -1.55. The van der Waals surface area contributed by atoms with E-state index in [0.29, 0.717) is 29.5 Å². The lowest BCUT2D eigenvalue weighted by Gasteiger charge is -2.24. The Morgan fingerprint density at radius 3 is 2.52 bits per heavy atom. The molecule has 154 valence electrons. The number of esters is 1. The van der Waals surface area contributed by atoms with Crippen LogP contribution in [0, 0.1) is 5.41 Å². The van der Waals surface area contributed by atoms with Gasteiger partial charge >= 0.3 is 5.97 Å². The zero-order chi connectivity index (χ0) is 26.2. The van der Waals surface area contributed by atoms with E-state index in [1.54, 1.807) is 32.0 Å². The number of rotatable bonds is 7. The molecule has 0 unspecified atom stereocenters. The SMILES string of the molecule is [2H]C([2H])([2H])Oc1ccc(-c2cccc3c2CCC3=O)c(OCC(C)(C)C(=O)OC)c1OC([2H])([2H])[2H]. The van der Waals surface area contributed by atoms with Gasteiger partial charge in [0.1, 0.15) is 6.61 Å². The van der Waals surface area contributed by atoms with Crippen molar-refractivity contribution in [2.45, 2.75) is 26.7 Å². The first-order valence-electron chi connectivity index (χ1n) is 12.0. The van der Waals surface area contributed by atoms with E-state index in [9.17, 15) is 9.59 Å². The fourth-order valence-corrected chi connectivity index (χ4v) is 3.41. The fourth-order valence-electron chi connectivity index (χ4n) is 3.41. The summed E-state index contributed by atoms with van der Waals surface area (Å²) in [5.41, 5.74) is 1.10. The summed E-state index contributed by atoms with van der Waals surface area (Å²) in [7, 11) is -4.65. The summed E-state index contributed by atoms with van der Waals surface area (Å²) >= 11 is 0. The second-order valence-corrected chi connectivity index (χ2v) is 7.39. The number of methoxy groups -OCH3 is 3. The molecule has 0 radical (unpaired) electrons. The Bertz CT molecular complexity index is 1140. The molecule has 2 aromatic rings. The fraction of sp³-hybridized carbons (Fsp3) is 0.391. The third kappa shape index (κ3) is 3.79. The summed E-state index contributed by atoms with van der Waals surface area (Å²) in [5, 5.41) is 0. The van der Waals surface area contributed by atoms with Crippen molar-refractivity contribution in [2.75, 3.05) is 27.8 Å². The summed E-state index contributed by atoms with van der Waals surface area (Å²) < 4.78 is 66.2. The van der Waals surface area contributed by atoms with Gasteiger partial charge in [-0.05, 0) is 43.5 Å². The van der Waals surface area contributed by atoms with Gasteiger partial charge in [0, 0.05) is 17.5 Å². The maximum absolute atomic E-state index is 12.3. The van der Waals surface area contributed by atoms with Crippen LogP contribution in [-0.2, 0) is 16.0 Å². The number of carbonyl (C=O) groups is 2. The molecule has 0 spiro atoms. The molecular weight excluding hydrogens is 372 g/mol. The van der Waals surface area contributed by atoms with Crippen LogP contribution >= 0.6 is 0 Å². The van der Waals surface area contributed by atoms with E-state index >= 15 is 0 Å². The van der Waals surface area contributed by atoms with Crippen LogP contribution in [0.1, 0.15) is 44.4 Å². The Balaban J connectivity index is 2.24. The second-order valence-electron chi connectivity index (χ2n) is 7.39. The molecule has 1 aliphatic rings. The molecule has 3 rings (SSSR count). The molecule has 0 N–H and O–H groups in total. The number of carbonyl (C=O) groups excluding carboxylic acids is 2. The quantitative estimate of drug-likeness (QED) is 0.648. The topological polar surface area (TPSA) is 71.1 Å². The number of hydrogen-bond acceptors (Lipinski definition) is 6. The molecule has 6 nitrogen and oxygen atoms in total. The summed E-state index contributed by atoms with van der Waals surface area (Å²) in [6.45, 7) is 2.89. The standard InChI is InChI=1S/C23H26O6/c1-23(2,22(25)28-5)13-29-20-17(10-12-19(26-3)21(20)27-4)14-7-6-8-16-15(14)9-11-18(16)24/h6-8,10,12H,9,11,13H2,1-5H3/i3D3,4D3. The molecular formula is C23H26O6. The molecule has 0 bridgehead atoms. The summed E-state index contributed by atoms with van der Waals surface area (Å²) in [6.07, 6.45) is 0.803. The lowest BCUT2D eigenvalue weighted by molar-refractivity contribution is -0.152. The predicted octanol–water partition coefficient (Wildman–Crippen LogP) is 4.08. The molecule has 0 heterocycles. The largest absolute Gasteiger partial charge is 0.493 e. The Hall–Kier alpha value is -3.02. The van der Waals surface area contributed by atoms with E-state index in [4.69, 9.17) is 27.2 Å². The monoisotopic (exact) mass is 404 g/mol. The van der Waals surface area contributed by atoms with Crippen LogP contribution in [0.5, 0.6) is 17.2 Å². The predicted molar refractivity (Wildman–Crippen MR) is 109 cm³/mol. The van der Waals surface area contributed by atoms with Gasteiger partial charge < -0.3 is 18.9 Å². The highest BCUT2D eigenvalue weighted by Gasteiger charge is 2.32. The zero-order valence-electron chi connectivity index (χ0n) is 22.5. The summed E-state index contributed by atoms with van der Waals surface area (Å²) in [4.78, 5) is 24.5. The van der Waals surface area contributed by atoms with Gasteiger partial charge in [-0.15, -0.1) is 0 Å². The third-order valence-electron chi connectivity index (χ3n) is 4.97. The average molecular weight is 404 g/mol. The molecule has 0 fully saturated rings. The molecule has 1 aliphatic carbocycles. The normalized spacial score (nSPS) is 17.0. The van der Waals surface area contributed by atoms with Crippen molar-refractivity contribution in [3.63, 3.8) is 0 Å². The first-order chi connectivity index (χ1) is 16.1. The highest BCUT2D eigenvalue weighted by molar-refractivity contribution is 6.02. The van der Waals surface area contributed by atoms with Gasteiger partial charge in [-0.1, -0.05) is 18.2 Å². The molecule has 2 aromatic carbocycles. The highest BCUT2D eigenvalue weighted by Crippen LogP contribution is 2.47. The van der Waals surface area contributed by atoms with Crippen molar-refractivity contribution in [3.8, 4) is 28.4 Å². The highest BCUT2D eigenvalue weighted by atomic mass is 16.5. The third-order valence-corrected chi connectivity index (χ3v) is 4.97. The zero-order valence-corrected chi connectivity index (χ0v) is 16.5. The lowest BCUT2D eigenvalue weighted by atomic mass is 9.94. The van der Waals surface area contributed by atoms with E-state index in [1.807, 2.05) is 0 Å². The van der Waals surface area contributed by atoms with Crippen LogP contribution in [0.4, 0.5) is 0 Å². The van der Waals surface area contributed by atoms with Crippen molar-refractivity contribution in [2.24, 2.45) is 5.41 Å². The second kappa shape index (κ2) is 8.15. The molecule has 0 aromatic heterocycles. The Morgan fingerprint density at radius 2 is 1.79 bits per heavy atom. The first kappa shape index (κ1) is 14.0. The number of hydrogen-bond donors (Lipinski definition) is 0. The first-order valence-corrected chi connectivity index (χ1v) is 9.05. The van der Waals surface area contributed by atoms with Gasteiger partial charge in [0.25, 0.3) is 0 Å². The Kier molecular flexibility index (Phi) is 3.95. The van der Waals surface area contributed by atoms with Crippen LogP contribution in [-0.4, -0.2) is 39.5 Å². The molecule has 0 saturated heterocycles. The van der Waals surface area contributed by atoms with Crippen LogP contribution in [0.25, 0.3) is 11.1 Å². The minimum Gasteiger partial charge on any atom is -0.493 e. The number of ketones is 1.